The van der Waals surface area contributed by atoms with Gasteiger partial charge in [0.25, 0.3) is 0 Å². The molecule has 2 amide bonds. The van der Waals surface area contributed by atoms with Crippen molar-refractivity contribution in [2.75, 3.05) is 13.2 Å². The fraction of sp³-hybridized carbons (Fsp3) is 0.667. The lowest BCUT2D eigenvalue weighted by molar-refractivity contribution is -0.165. The van der Waals surface area contributed by atoms with Crippen LogP contribution < -0.4 is 0 Å². The van der Waals surface area contributed by atoms with E-state index in [1.165, 1.54) is 13.0 Å². The Labute approximate surface area is 125 Å². The molecule has 6 heteroatoms. The summed E-state index contributed by atoms with van der Waals surface area (Å²) in [7, 11) is 0. The molecule has 118 valence electrons. The van der Waals surface area contributed by atoms with Crippen LogP contribution in [-0.4, -0.2) is 41.6 Å². The van der Waals surface area contributed by atoms with Crippen molar-refractivity contribution >= 4 is 18.0 Å². The first-order valence-corrected chi connectivity index (χ1v) is 6.95. The van der Waals surface area contributed by atoms with E-state index in [0.717, 1.165) is 4.90 Å². The number of likely N-dealkylation sites (tertiary alicyclic amines) is 1. The molecule has 0 bridgehead atoms. The van der Waals surface area contributed by atoms with Crippen molar-refractivity contribution in [3.8, 4) is 0 Å². The van der Waals surface area contributed by atoms with Gasteiger partial charge in [-0.15, -0.1) is 0 Å². The van der Waals surface area contributed by atoms with Gasteiger partial charge in [0.2, 0.25) is 5.91 Å². The number of esters is 1. The number of amides is 2. The molecule has 21 heavy (non-hydrogen) atoms. The molecule has 1 aliphatic heterocycles. The highest BCUT2D eigenvalue weighted by molar-refractivity contribution is 6.07. The summed E-state index contributed by atoms with van der Waals surface area (Å²) < 4.78 is 10.2. The highest BCUT2D eigenvalue weighted by Gasteiger charge is 2.49. The fourth-order valence-corrected chi connectivity index (χ4v) is 2.07. The molecule has 1 saturated heterocycles. The number of imide groups is 1. The summed E-state index contributed by atoms with van der Waals surface area (Å²) in [6.07, 6.45) is 1.58. The first-order valence-electron chi connectivity index (χ1n) is 6.95. The van der Waals surface area contributed by atoms with Crippen LogP contribution in [0.4, 0.5) is 4.79 Å². The lowest BCUT2D eigenvalue weighted by Gasteiger charge is -2.36. The number of piperidine rings is 1. The SMILES string of the molecule is C=CCOC(=O)C1(C)CCCN(C(=O)OC(C)(C)C)C1=O. The Morgan fingerprint density at radius 3 is 2.57 bits per heavy atom. The average Bonchev–Trinajstić information content (AvgIpc) is 2.37. The molecule has 1 fully saturated rings. The van der Waals surface area contributed by atoms with Gasteiger partial charge in [-0.1, -0.05) is 12.7 Å². The third-order valence-electron chi connectivity index (χ3n) is 3.17. The Kier molecular flexibility index (Phi) is 5.15. The van der Waals surface area contributed by atoms with Crippen molar-refractivity contribution in [3.05, 3.63) is 12.7 Å². The minimum Gasteiger partial charge on any atom is -0.461 e. The van der Waals surface area contributed by atoms with Crippen LogP contribution in [0.5, 0.6) is 0 Å². The first-order chi connectivity index (χ1) is 9.62. The van der Waals surface area contributed by atoms with Gasteiger partial charge in [-0.05, 0) is 40.5 Å². The molecule has 0 saturated carbocycles. The summed E-state index contributed by atoms with van der Waals surface area (Å²) in [6.45, 7) is 10.4. The maximum Gasteiger partial charge on any atom is 0.417 e. The van der Waals surface area contributed by atoms with E-state index >= 15 is 0 Å². The Morgan fingerprint density at radius 2 is 2.05 bits per heavy atom. The molecule has 6 nitrogen and oxygen atoms in total. The normalized spacial score (nSPS) is 22.7. The summed E-state index contributed by atoms with van der Waals surface area (Å²) in [5.74, 6) is -1.21. The van der Waals surface area contributed by atoms with Crippen LogP contribution in [-0.2, 0) is 19.1 Å². The monoisotopic (exact) mass is 297 g/mol. The molecule has 0 spiro atoms. The van der Waals surface area contributed by atoms with Gasteiger partial charge >= 0.3 is 12.1 Å². The topological polar surface area (TPSA) is 72.9 Å². The van der Waals surface area contributed by atoms with E-state index < -0.39 is 29.0 Å². The summed E-state index contributed by atoms with van der Waals surface area (Å²) >= 11 is 0. The minimum absolute atomic E-state index is 0.0359. The van der Waals surface area contributed by atoms with Gasteiger partial charge < -0.3 is 9.47 Å². The fourth-order valence-electron chi connectivity index (χ4n) is 2.07. The van der Waals surface area contributed by atoms with E-state index in [0.29, 0.717) is 12.8 Å². The van der Waals surface area contributed by atoms with E-state index in [9.17, 15) is 14.4 Å². The first kappa shape index (κ1) is 17.2. The summed E-state index contributed by atoms with van der Waals surface area (Å²) in [5.41, 5.74) is -2.05. The predicted octanol–water partition coefficient (Wildman–Crippen LogP) is 2.28. The molecule has 1 rings (SSSR count). The van der Waals surface area contributed by atoms with Gasteiger partial charge in [-0.3, -0.25) is 9.59 Å². The number of rotatable bonds is 3. The van der Waals surface area contributed by atoms with E-state index in [-0.39, 0.29) is 13.2 Å². The largest absolute Gasteiger partial charge is 0.461 e. The maximum absolute atomic E-state index is 12.5. The zero-order valence-electron chi connectivity index (χ0n) is 13.1. The van der Waals surface area contributed by atoms with Crippen molar-refractivity contribution in [3.63, 3.8) is 0 Å². The van der Waals surface area contributed by atoms with Crippen molar-refractivity contribution in [1.29, 1.82) is 0 Å². The van der Waals surface area contributed by atoms with E-state index in [2.05, 4.69) is 6.58 Å². The molecule has 0 aromatic rings. The highest BCUT2D eigenvalue weighted by Crippen LogP contribution is 2.33. The molecule has 1 heterocycles. The van der Waals surface area contributed by atoms with Crippen molar-refractivity contribution in [1.82, 2.24) is 4.90 Å². The lowest BCUT2D eigenvalue weighted by Crippen LogP contribution is -2.54. The van der Waals surface area contributed by atoms with Crippen LogP contribution in [0.15, 0.2) is 12.7 Å². The molecule has 0 aromatic heterocycles. The minimum atomic E-state index is -1.35. The Balaban J connectivity index is 2.87. The Morgan fingerprint density at radius 1 is 1.43 bits per heavy atom. The van der Waals surface area contributed by atoms with E-state index in [1.807, 2.05) is 0 Å². The second kappa shape index (κ2) is 6.28. The smallest absolute Gasteiger partial charge is 0.417 e. The van der Waals surface area contributed by atoms with Crippen LogP contribution in [0.3, 0.4) is 0 Å². The molecule has 0 aliphatic carbocycles. The molecular weight excluding hydrogens is 274 g/mol. The van der Waals surface area contributed by atoms with E-state index in [1.54, 1.807) is 20.8 Å². The molecule has 0 aromatic carbocycles. The third kappa shape index (κ3) is 4.06. The second-order valence-electron chi connectivity index (χ2n) is 6.26. The Bertz CT molecular complexity index is 451. The number of carbonyl (C=O) groups is 3. The number of carbonyl (C=O) groups excluding carboxylic acids is 3. The van der Waals surface area contributed by atoms with Crippen LogP contribution in [0.25, 0.3) is 0 Å². The summed E-state index contributed by atoms with van der Waals surface area (Å²) in [6, 6.07) is 0. The van der Waals surface area contributed by atoms with Crippen molar-refractivity contribution in [2.24, 2.45) is 5.41 Å². The second-order valence-corrected chi connectivity index (χ2v) is 6.26. The van der Waals surface area contributed by atoms with Gasteiger partial charge in [0.1, 0.15) is 17.6 Å². The molecular formula is C15H23NO5. The summed E-state index contributed by atoms with van der Waals surface area (Å²) in [4.78, 5) is 37.6. The Hall–Kier alpha value is -1.85. The molecule has 1 unspecified atom stereocenters. The quantitative estimate of drug-likeness (QED) is 0.454. The molecule has 0 N–H and O–H groups in total. The zero-order valence-corrected chi connectivity index (χ0v) is 13.1. The standard InChI is InChI=1S/C15H23NO5/c1-6-10-20-12(18)15(5)8-7-9-16(11(15)17)13(19)21-14(2,3)4/h6H,1,7-10H2,2-5H3. The molecule has 1 aliphatic rings. The highest BCUT2D eigenvalue weighted by atomic mass is 16.6. The lowest BCUT2D eigenvalue weighted by atomic mass is 9.81. The number of ether oxygens (including phenoxy) is 2. The van der Waals surface area contributed by atoms with Crippen LogP contribution >= 0.6 is 0 Å². The van der Waals surface area contributed by atoms with Crippen LogP contribution in [0.1, 0.15) is 40.5 Å². The number of nitrogens with zero attached hydrogens (tertiary/aromatic N) is 1. The third-order valence-corrected chi connectivity index (χ3v) is 3.17. The zero-order chi connectivity index (χ0) is 16.3. The molecule has 0 radical (unpaired) electrons. The van der Waals surface area contributed by atoms with Crippen molar-refractivity contribution < 1.29 is 23.9 Å². The molecule has 1 atom stereocenters. The van der Waals surface area contributed by atoms with Crippen LogP contribution in [0.2, 0.25) is 0 Å². The van der Waals surface area contributed by atoms with Gasteiger partial charge in [-0.2, -0.15) is 0 Å². The van der Waals surface area contributed by atoms with Gasteiger partial charge in [0, 0.05) is 6.54 Å². The van der Waals surface area contributed by atoms with Gasteiger partial charge in [0.15, 0.2) is 0 Å². The summed E-state index contributed by atoms with van der Waals surface area (Å²) in [5, 5.41) is 0. The maximum atomic E-state index is 12.5. The van der Waals surface area contributed by atoms with Crippen LogP contribution in [0, 0.1) is 5.41 Å². The van der Waals surface area contributed by atoms with Gasteiger partial charge in [0.05, 0.1) is 0 Å². The number of hydrogen-bond donors (Lipinski definition) is 0. The number of hydrogen-bond acceptors (Lipinski definition) is 5. The average molecular weight is 297 g/mol. The predicted molar refractivity (Wildman–Crippen MR) is 76.4 cm³/mol. The van der Waals surface area contributed by atoms with E-state index in [4.69, 9.17) is 9.47 Å². The van der Waals surface area contributed by atoms with Gasteiger partial charge in [-0.25, -0.2) is 9.69 Å². The van der Waals surface area contributed by atoms with Crippen molar-refractivity contribution in [2.45, 2.75) is 46.1 Å².